The minimum Gasteiger partial charge on any atom is -0.480 e. The third-order valence-corrected chi connectivity index (χ3v) is 4.38. The van der Waals surface area contributed by atoms with Crippen molar-refractivity contribution in [2.75, 3.05) is 11.0 Å². The summed E-state index contributed by atoms with van der Waals surface area (Å²) in [5.41, 5.74) is -0.414. The second-order valence-electron chi connectivity index (χ2n) is 4.20. The summed E-state index contributed by atoms with van der Waals surface area (Å²) in [4.78, 5) is 10.1. The molecule has 0 aliphatic rings. The maximum atomic E-state index is 13.7. The van der Waals surface area contributed by atoms with E-state index < -0.39 is 48.5 Å². The Hall–Kier alpha value is -1.72. The summed E-state index contributed by atoms with van der Waals surface area (Å²) < 4.78 is 63.0. The van der Waals surface area contributed by atoms with Crippen molar-refractivity contribution in [3.63, 3.8) is 0 Å². The number of hydrogen-bond donors (Lipinski definition) is 3. The van der Waals surface area contributed by atoms with Crippen molar-refractivity contribution in [3.8, 4) is 0 Å². The molecular weight excluding hydrogens is 327 g/mol. The largest absolute Gasteiger partial charge is 0.480 e. The molecule has 118 valence electrons. The summed E-state index contributed by atoms with van der Waals surface area (Å²) in [6, 6.07) is 1.07. The summed E-state index contributed by atoms with van der Waals surface area (Å²) >= 11 is 0. The third kappa shape index (κ3) is 4.95. The summed E-state index contributed by atoms with van der Waals surface area (Å²) in [6.07, 6.45) is 0.813. The number of anilines is 1. The highest BCUT2D eigenvalue weighted by molar-refractivity contribution is 7.92. The molecule has 0 amide bonds. The van der Waals surface area contributed by atoms with Gasteiger partial charge in [-0.3, -0.25) is 9.52 Å². The quantitative estimate of drug-likeness (QED) is 0.666. The number of halogens is 1. The van der Waals surface area contributed by atoms with E-state index in [-0.39, 0.29) is 0 Å². The molecule has 1 aromatic carbocycles. The number of hydrogen-bond acceptors (Lipinski definition) is 5. The van der Waals surface area contributed by atoms with Crippen molar-refractivity contribution in [1.82, 2.24) is 4.72 Å². The van der Waals surface area contributed by atoms with E-state index in [1.165, 1.54) is 0 Å². The van der Waals surface area contributed by atoms with Crippen LogP contribution in [0.4, 0.5) is 10.1 Å². The fraction of sp³-hybridized carbons (Fsp3) is 0.300. The van der Waals surface area contributed by atoms with Crippen LogP contribution < -0.4 is 9.44 Å². The van der Waals surface area contributed by atoms with Crippen molar-refractivity contribution in [2.24, 2.45) is 0 Å². The molecule has 11 heteroatoms. The van der Waals surface area contributed by atoms with Crippen LogP contribution in [0.25, 0.3) is 0 Å². The molecule has 8 nitrogen and oxygen atoms in total. The van der Waals surface area contributed by atoms with Crippen molar-refractivity contribution >= 4 is 31.7 Å². The molecule has 3 N–H and O–H groups in total. The molecule has 1 aromatic rings. The molecule has 0 saturated heterocycles. The summed E-state index contributed by atoms with van der Waals surface area (Å²) in [7, 11) is -7.95. The molecule has 0 aromatic heterocycles. The highest BCUT2D eigenvalue weighted by Gasteiger charge is 2.22. The first-order valence-corrected chi connectivity index (χ1v) is 8.82. The third-order valence-electron chi connectivity index (χ3n) is 2.25. The molecule has 1 rings (SSSR count). The average molecular weight is 340 g/mol. The van der Waals surface area contributed by atoms with Gasteiger partial charge in [-0.2, -0.15) is 4.72 Å². The van der Waals surface area contributed by atoms with E-state index in [1.807, 2.05) is 9.44 Å². The van der Waals surface area contributed by atoms with Crippen LogP contribution in [0.5, 0.6) is 0 Å². The zero-order chi connectivity index (χ0) is 16.4. The van der Waals surface area contributed by atoms with Gasteiger partial charge < -0.3 is 5.11 Å². The van der Waals surface area contributed by atoms with Gasteiger partial charge in [-0.05, 0) is 25.1 Å². The minimum absolute atomic E-state index is 0.414. The van der Waals surface area contributed by atoms with Crippen LogP contribution in [0.1, 0.15) is 6.92 Å². The van der Waals surface area contributed by atoms with Crippen LogP contribution in [0.3, 0.4) is 0 Å². The maximum absolute atomic E-state index is 13.7. The zero-order valence-corrected chi connectivity index (χ0v) is 12.6. The minimum atomic E-state index is -4.24. The first kappa shape index (κ1) is 17.3. The number of benzene rings is 1. The lowest BCUT2D eigenvalue weighted by molar-refractivity contribution is -0.138. The van der Waals surface area contributed by atoms with Crippen molar-refractivity contribution < 1.29 is 31.1 Å². The van der Waals surface area contributed by atoms with Crippen molar-refractivity contribution in [1.29, 1.82) is 0 Å². The molecule has 1 atom stereocenters. The summed E-state index contributed by atoms with van der Waals surface area (Å²) in [5, 5.41) is 8.64. The molecule has 0 unspecified atom stereocenters. The standard InChI is InChI=1S/C10H13FN2O6S2/c1-6(10(14)15)12-21(18,19)7-3-4-9(8(11)5-7)13-20(2,16)17/h3-6,12-13H,1-2H3,(H,14,15)/t6-/m1/s1. The van der Waals surface area contributed by atoms with Gasteiger partial charge in [0.1, 0.15) is 11.9 Å². The molecule has 0 fully saturated rings. The number of carboxylic acid groups (broad SMARTS) is 1. The molecule has 0 radical (unpaired) electrons. The van der Waals surface area contributed by atoms with Crippen LogP contribution >= 0.6 is 0 Å². The lowest BCUT2D eigenvalue weighted by Crippen LogP contribution is -2.38. The molecule has 0 saturated carbocycles. The van der Waals surface area contributed by atoms with Crippen molar-refractivity contribution in [3.05, 3.63) is 24.0 Å². The lowest BCUT2D eigenvalue weighted by atomic mass is 10.3. The molecule has 0 aliphatic heterocycles. The van der Waals surface area contributed by atoms with Crippen LogP contribution in [0.2, 0.25) is 0 Å². The van der Waals surface area contributed by atoms with Gasteiger partial charge in [0.25, 0.3) is 0 Å². The lowest BCUT2D eigenvalue weighted by Gasteiger charge is -2.11. The smallest absolute Gasteiger partial charge is 0.321 e. The van der Waals surface area contributed by atoms with Crippen LogP contribution in [0.15, 0.2) is 23.1 Å². The topological polar surface area (TPSA) is 130 Å². The van der Waals surface area contributed by atoms with Crippen molar-refractivity contribution in [2.45, 2.75) is 17.9 Å². The van der Waals surface area contributed by atoms with Gasteiger partial charge >= 0.3 is 5.97 Å². The number of carboxylic acids is 1. The molecule has 0 bridgehead atoms. The Labute approximate surface area is 121 Å². The van der Waals surface area contributed by atoms with E-state index in [0.29, 0.717) is 6.07 Å². The Kier molecular flexibility index (Phi) is 4.91. The fourth-order valence-corrected chi connectivity index (χ4v) is 3.07. The van der Waals surface area contributed by atoms with E-state index in [0.717, 1.165) is 25.3 Å². The maximum Gasteiger partial charge on any atom is 0.321 e. The van der Waals surface area contributed by atoms with E-state index >= 15 is 0 Å². The SMILES string of the molecule is C[C@@H](NS(=O)(=O)c1ccc(NS(C)(=O)=O)c(F)c1)C(=O)O. The summed E-state index contributed by atoms with van der Waals surface area (Å²) in [5.74, 6) is -2.50. The van der Waals surface area contributed by atoms with E-state index in [1.54, 1.807) is 0 Å². The predicted octanol–water partition coefficient (Wildman–Crippen LogP) is -0.0514. The normalized spacial score (nSPS) is 13.7. The Morgan fingerprint density at radius 1 is 1.29 bits per heavy atom. The van der Waals surface area contributed by atoms with Gasteiger partial charge in [-0.1, -0.05) is 0 Å². The second kappa shape index (κ2) is 5.95. The second-order valence-corrected chi connectivity index (χ2v) is 7.66. The monoisotopic (exact) mass is 340 g/mol. The van der Waals surface area contributed by atoms with Gasteiger partial charge in [0, 0.05) is 0 Å². The highest BCUT2D eigenvalue weighted by atomic mass is 32.2. The molecular formula is C10H13FN2O6S2. The van der Waals surface area contributed by atoms with Gasteiger partial charge in [-0.25, -0.2) is 21.2 Å². The molecule has 21 heavy (non-hydrogen) atoms. The van der Waals surface area contributed by atoms with E-state index in [2.05, 4.69) is 0 Å². The van der Waals surface area contributed by atoms with E-state index in [9.17, 15) is 26.0 Å². The number of sulfonamides is 2. The Morgan fingerprint density at radius 3 is 2.29 bits per heavy atom. The number of aliphatic carboxylic acids is 1. The van der Waals surface area contributed by atoms with Crippen LogP contribution in [0, 0.1) is 5.82 Å². The number of rotatable bonds is 6. The first-order valence-electron chi connectivity index (χ1n) is 5.45. The van der Waals surface area contributed by atoms with Gasteiger partial charge in [0.2, 0.25) is 20.0 Å². The van der Waals surface area contributed by atoms with Crippen LogP contribution in [-0.2, 0) is 24.8 Å². The molecule has 0 heterocycles. The van der Waals surface area contributed by atoms with Crippen LogP contribution in [-0.4, -0.2) is 40.2 Å². The molecule has 0 spiro atoms. The highest BCUT2D eigenvalue weighted by Crippen LogP contribution is 2.20. The zero-order valence-electron chi connectivity index (χ0n) is 11.0. The Balaban J connectivity index is 3.11. The summed E-state index contributed by atoms with van der Waals surface area (Å²) in [6.45, 7) is 1.11. The Morgan fingerprint density at radius 2 is 1.86 bits per heavy atom. The van der Waals surface area contributed by atoms with Gasteiger partial charge in [0.05, 0.1) is 16.8 Å². The molecule has 0 aliphatic carbocycles. The fourth-order valence-electron chi connectivity index (χ4n) is 1.30. The predicted molar refractivity (Wildman–Crippen MR) is 72.3 cm³/mol. The first-order chi connectivity index (χ1) is 9.42. The number of nitrogens with one attached hydrogen (secondary N) is 2. The van der Waals surface area contributed by atoms with Gasteiger partial charge in [0.15, 0.2) is 0 Å². The Bertz CT molecular complexity index is 760. The van der Waals surface area contributed by atoms with Gasteiger partial charge in [-0.15, -0.1) is 0 Å². The number of carbonyl (C=O) groups is 1. The average Bonchev–Trinajstić information content (AvgIpc) is 2.29. The van der Waals surface area contributed by atoms with E-state index in [4.69, 9.17) is 5.11 Å².